The molecule has 5 heteroatoms. The molecule has 86 heavy (non-hydrogen) atoms. The van der Waals surface area contributed by atoms with Crippen molar-refractivity contribution in [2.24, 2.45) is 0 Å². The lowest BCUT2D eigenvalue weighted by molar-refractivity contribution is -0.161. The van der Waals surface area contributed by atoms with Gasteiger partial charge in [-0.3, -0.25) is 9.59 Å². The van der Waals surface area contributed by atoms with E-state index < -0.39 is 6.10 Å². The van der Waals surface area contributed by atoms with E-state index in [-0.39, 0.29) is 25.2 Å². The van der Waals surface area contributed by atoms with Crippen LogP contribution < -0.4 is 0 Å². The molecule has 0 aromatic rings. The molecule has 0 aromatic carbocycles. The number of ether oxygens (including phenoxy) is 2. The second-order valence-corrected chi connectivity index (χ2v) is 24.3. The first kappa shape index (κ1) is 82.0. The highest BCUT2D eigenvalue weighted by molar-refractivity contribution is 5.70. The Bertz CT molecular complexity index is 1730. The Balaban J connectivity index is 3.45. The fourth-order valence-electron chi connectivity index (χ4n) is 10.5. The summed E-state index contributed by atoms with van der Waals surface area (Å²) in [5, 5.41) is 9.72. The summed E-state index contributed by atoms with van der Waals surface area (Å²) in [6.07, 6.45) is 112. The summed E-state index contributed by atoms with van der Waals surface area (Å²) >= 11 is 0. The Kier molecular flexibility index (Phi) is 71.8. The van der Waals surface area contributed by atoms with Crippen molar-refractivity contribution < 1.29 is 24.2 Å². The second-order valence-electron chi connectivity index (χ2n) is 24.3. The standard InChI is InChI=1S/C81H138O5/c1-3-5-7-9-11-13-15-17-19-21-23-25-27-29-31-33-35-36-37-38-39-40-41-42-43-44-46-48-50-52-54-56-58-60-62-64-66-68-70-72-74-76-81(84)86-79(77-82)78-85-80(83)75-73-71-69-67-65-63-61-59-57-55-53-51-49-47-45-34-32-30-28-26-24-22-20-18-16-14-12-10-8-6-4-2/h5-8,11-14,17-20,23-26,29,31,35-36,38-39,79,82H,3-4,9-10,15-16,21-22,27-28,30,32-34,37,40-78H2,1-2H3/b7-5-,8-6-,13-11-,14-12-,19-17-,20-18-,25-23-,26-24-,31-29-,36-35-,39-38-. The van der Waals surface area contributed by atoms with Gasteiger partial charge in [-0.05, 0) is 109 Å². The van der Waals surface area contributed by atoms with E-state index in [4.69, 9.17) is 9.47 Å². The summed E-state index contributed by atoms with van der Waals surface area (Å²) in [5.74, 6) is -0.578. The molecule has 1 N–H and O–H groups in total. The Labute approximate surface area is 534 Å². The second kappa shape index (κ2) is 75.3. The number of esters is 2. The average Bonchev–Trinajstić information content (AvgIpc) is 3.54. The third kappa shape index (κ3) is 72.5. The highest BCUT2D eigenvalue weighted by atomic mass is 16.6. The van der Waals surface area contributed by atoms with Gasteiger partial charge in [-0.1, -0.05) is 359 Å². The lowest BCUT2D eigenvalue weighted by Gasteiger charge is -2.15. The van der Waals surface area contributed by atoms with Crippen molar-refractivity contribution in [2.45, 2.75) is 354 Å². The monoisotopic (exact) mass is 1190 g/mol. The van der Waals surface area contributed by atoms with Gasteiger partial charge in [0.05, 0.1) is 6.61 Å². The van der Waals surface area contributed by atoms with Gasteiger partial charge in [0.1, 0.15) is 6.61 Å². The smallest absolute Gasteiger partial charge is 0.306 e. The van der Waals surface area contributed by atoms with Crippen LogP contribution in [0.3, 0.4) is 0 Å². The number of carbonyl (C=O) groups excluding carboxylic acids is 2. The van der Waals surface area contributed by atoms with E-state index in [1.165, 1.54) is 212 Å². The molecule has 0 radical (unpaired) electrons. The molecule has 0 rings (SSSR count). The zero-order valence-corrected chi connectivity index (χ0v) is 56.5. The quantitative estimate of drug-likeness (QED) is 0.0373. The average molecular weight is 1190 g/mol. The van der Waals surface area contributed by atoms with Crippen LogP contribution >= 0.6 is 0 Å². The van der Waals surface area contributed by atoms with Gasteiger partial charge in [-0.2, -0.15) is 0 Å². The van der Waals surface area contributed by atoms with Crippen LogP contribution in [0, 0.1) is 0 Å². The molecule has 1 unspecified atom stereocenters. The van der Waals surface area contributed by atoms with E-state index in [1.807, 2.05) is 0 Å². The van der Waals surface area contributed by atoms with Crippen molar-refractivity contribution in [3.8, 4) is 0 Å². The topological polar surface area (TPSA) is 72.8 Å². The first-order valence-electron chi connectivity index (χ1n) is 36.7. The van der Waals surface area contributed by atoms with Crippen molar-refractivity contribution in [1.82, 2.24) is 0 Å². The summed E-state index contributed by atoms with van der Waals surface area (Å²) in [4.78, 5) is 24.7. The Morgan fingerprint density at radius 1 is 0.267 bits per heavy atom. The maximum atomic E-state index is 12.4. The van der Waals surface area contributed by atoms with Gasteiger partial charge in [0.2, 0.25) is 0 Å². The van der Waals surface area contributed by atoms with Crippen molar-refractivity contribution in [3.63, 3.8) is 0 Å². The number of unbranched alkanes of at least 4 members (excludes halogenated alkanes) is 37. The minimum absolute atomic E-state index is 0.0661. The highest BCUT2D eigenvalue weighted by Gasteiger charge is 2.16. The maximum absolute atomic E-state index is 12.4. The van der Waals surface area contributed by atoms with Crippen molar-refractivity contribution in [3.05, 3.63) is 134 Å². The Morgan fingerprint density at radius 2 is 0.465 bits per heavy atom. The molecule has 0 fully saturated rings. The van der Waals surface area contributed by atoms with Crippen LogP contribution in [-0.4, -0.2) is 36.4 Å². The van der Waals surface area contributed by atoms with Crippen LogP contribution in [0.4, 0.5) is 0 Å². The molecule has 0 aliphatic carbocycles. The van der Waals surface area contributed by atoms with Crippen LogP contribution in [0.25, 0.3) is 0 Å². The molecule has 1 atom stereocenters. The van der Waals surface area contributed by atoms with E-state index in [9.17, 15) is 14.7 Å². The Hall–Kier alpha value is -3.96. The van der Waals surface area contributed by atoms with Gasteiger partial charge in [0.15, 0.2) is 6.10 Å². The zero-order valence-electron chi connectivity index (χ0n) is 56.5. The molecule has 0 aliphatic rings. The summed E-state index contributed by atoms with van der Waals surface area (Å²) in [7, 11) is 0. The summed E-state index contributed by atoms with van der Waals surface area (Å²) in [6, 6.07) is 0. The normalized spacial score (nSPS) is 13.0. The van der Waals surface area contributed by atoms with Crippen LogP contribution in [0.1, 0.15) is 348 Å². The van der Waals surface area contributed by atoms with Gasteiger partial charge in [0, 0.05) is 12.8 Å². The number of rotatable bonds is 67. The molecular formula is C81H138O5. The number of carbonyl (C=O) groups is 2. The first-order chi connectivity index (χ1) is 42.6. The van der Waals surface area contributed by atoms with Crippen LogP contribution in [0.15, 0.2) is 134 Å². The fraction of sp³-hybridized carbons (Fsp3) is 0.704. The van der Waals surface area contributed by atoms with Gasteiger partial charge in [0.25, 0.3) is 0 Å². The third-order valence-electron chi connectivity index (χ3n) is 15.9. The van der Waals surface area contributed by atoms with E-state index in [0.717, 1.165) is 109 Å². The third-order valence-corrected chi connectivity index (χ3v) is 15.9. The minimum Gasteiger partial charge on any atom is -0.462 e. The number of hydrogen-bond donors (Lipinski definition) is 1. The Morgan fingerprint density at radius 3 is 0.698 bits per heavy atom. The van der Waals surface area contributed by atoms with E-state index in [2.05, 4.69) is 148 Å². The first-order valence-corrected chi connectivity index (χ1v) is 36.7. The van der Waals surface area contributed by atoms with Crippen LogP contribution in [-0.2, 0) is 19.1 Å². The van der Waals surface area contributed by atoms with Gasteiger partial charge >= 0.3 is 11.9 Å². The molecule has 0 aromatic heterocycles. The van der Waals surface area contributed by atoms with E-state index in [1.54, 1.807) is 0 Å². The van der Waals surface area contributed by atoms with Gasteiger partial charge < -0.3 is 14.6 Å². The lowest BCUT2D eigenvalue weighted by Crippen LogP contribution is -2.28. The molecule has 0 aliphatic heterocycles. The van der Waals surface area contributed by atoms with Gasteiger partial charge in [-0.15, -0.1) is 0 Å². The molecule has 0 heterocycles. The molecule has 5 nitrogen and oxygen atoms in total. The maximum Gasteiger partial charge on any atom is 0.306 e. The van der Waals surface area contributed by atoms with Crippen molar-refractivity contribution in [2.75, 3.05) is 13.2 Å². The molecule has 0 saturated heterocycles. The predicted octanol–water partition coefficient (Wildman–Crippen LogP) is 25.9. The summed E-state index contributed by atoms with van der Waals surface area (Å²) < 4.78 is 10.8. The van der Waals surface area contributed by atoms with Crippen molar-refractivity contribution in [1.29, 1.82) is 0 Å². The predicted molar refractivity (Wildman–Crippen MR) is 380 cm³/mol. The fourth-order valence-corrected chi connectivity index (χ4v) is 10.5. The summed E-state index contributed by atoms with van der Waals surface area (Å²) in [6.45, 7) is 3.95. The zero-order chi connectivity index (χ0) is 61.9. The molecule has 492 valence electrons. The van der Waals surface area contributed by atoms with Crippen LogP contribution in [0.2, 0.25) is 0 Å². The molecule has 0 saturated carbocycles. The number of aliphatic hydroxyl groups is 1. The van der Waals surface area contributed by atoms with E-state index >= 15 is 0 Å². The highest BCUT2D eigenvalue weighted by Crippen LogP contribution is 2.18. The van der Waals surface area contributed by atoms with E-state index in [0.29, 0.717) is 12.8 Å². The molecule has 0 amide bonds. The van der Waals surface area contributed by atoms with Crippen LogP contribution in [0.5, 0.6) is 0 Å². The lowest BCUT2D eigenvalue weighted by atomic mass is 10.0. The largest absolute Gasteiger partial charge is 0.462 e. The molecule has 0 spiro atoms. The van der Waals surface area contributed by atoms with Gasteiger partial charge in [-0.25, -0.2) is 0 Å². The summed E-state index contributed by atoms with van der Waals surface area (Å²) in [5.41, 5.74) is 0. The number of allylic oxidation sites excluding steroid dienone is 22. The van der Waals surface area contributed by atoms with Crippen molar-refractivity contribution >= 4 is 11.9 Å². The molecule has 0 bridgehead atoms. The SMILES string of the molecule is CC/C=C\C/C=C\C/C=C\C/C=C\C/C=C\C/C=C\C/C=C\CCCCCCCCCCCCCCCCCCCCCC(=O)OC(CO)COC(=O)CCCCCCCCCCCCCCCCCCCC/C=C\C/C=C\C/C=C\C/C=C\CC. The molecular weight excluding hydrogens is 1050 g/mol. The number of hydrogen-bond acceptors (Lipinski definition) is 5. The number of aliphatic hydroxyl groups excluding tert-OH is 1. The minimum atomic E-state index is -0.777.